The lowest BCUT2D eigenvalue weighted by Crippen LogP contribution is -2.06. The molecule has 0 aromatic carbocycles. The number of nitrogens with zero attached hydrogens (tertiary/aromatic N) is 2. The van der Waals surface area contributed by atoms with Gasteiger partial charge < -0.3 is 16.0 Å². The van der Waals surface area contributed by atoms with Crippen molar-refractivity contribution >= 4 is 38.9 Å². The minimum atomic E-state index is -0.0712. The Morgan fingerprint density at radius 2 is 2.38 bits per heavy atom. The normalized spacial score (nSPS) is 10.3. The summed E-state index contributed by atoms with van der Waals surface area (Å²) in [5, 5.41) is 4.80. The molecule has 0 amide bonds. The van der Waals surface area contributed by atoms with Gasteiger partial charge in [-0.25, -0.2) is 9.97 Å². The maximum absolute atomic E-state index is 10.9. The molecule has 2 heterocycles. The van der Waals surface area contributed by atoms with Crippen molar-refractivity contribution in [2.45, 2.75) is 6.54 Å². The maximum Gasteiger partial charge on any atom is 0.304 e. The van der Waals surface area contributed by atoms with Gasteiger partial charge in [-0.2, -0.15) is 0 Å². The van der Waals surface area contributed by atoms with Crippen molar-refractivity contribution in [3.63, 3.8) is 0 Å². The highest BCUT2D eigenvalue weighted by Gasteiger charge is 2.05. The number of H-pyrrole nitrogens is 1. The molecule has 0 saturated heterocycles. The number of rotatable bonds is 3. The average molecular weight is 302 g/mol. The van der Waals surface area contributed by atoms with Crippen molar-refractivity contribution in [2.24, 2.45) is 0 Å². The molecule has 0 saturated carbocycles. The van der Waals surface area contributed by atoms with Crippen LogP contribution in [-0.4, -0.2) is 15.0 Å². The van der Waals surface area contributed by atoms with E-state index in [9.17, 15) is 4.79 Å². The molecule has 8 heteroatoms. The van der Waals surface area contributed by atoms with Gasteiger partial charge in [0, 0.05) is 11.1 Å². The van der Waals surface area contributed by atoms with Crippen molar-refractivity contribution in [2.75, 3.05) is 11.1 Å². The van der Waals surface area contributed by atoms with E-state index in [1.165, 1.54) is 6.33 Å². The third kappa shape index (κ3) is 2.39. The number of nitrogens with one attached hydrogen (secondary N) is 2. The van der Waals surface area contributed by atoms with Crippen LogP contribution in [0.25, 0.3) is 0 Å². The van der Waals surface area contributed by atoms with Crippen molar-refractivity contribution in [3.8, 4) is 0 Å². The van der Waals surface area contributed by atoms with Crippen molar-refractivity contribution < 1.29 is 0 Å². The van der Waals surface area contributed by atoms with Gasteiger partial charge in [0.1, 0.15) is 22.4 Å². The van der Waals surface area contributed by atoms with Crippen LogP contribution in [0.2, 0.25) is 0 Å². The number of nitrogens with two attached hydrogens (primary N) is 1. The first-order valence-electron chi connectivity index (χ1n) is 4.33. The van der Waals surface area contributed by atoms with E-state index < -0.39 is 0 Å². The summed E-state index contributed by atoms with van der Waals surface area (Å²) < 4.78 is 0.618. The molecule has 2 aromatic rings. The molecule has 0 spiro atoms. The number of aromatic amines is 1. The van der Waals surface area contributed by atoms with E-state index in [1.807, 2.05) is 0 Å². The van der Waals surface area contributed by atoms with Gasteiger partial charge in [-0.15, -0.1) is 0 Å². The van der Waals surface area contributed by atoms with Crippen LogP contribution in [0.1, 0.15) is 5.69 Å². The highest BCUT2D eigenvalue weighted by Crippen LogP contribution is 2.24. The fourth-order valence-electron chi connectivity index (χ4n) is 1.09. The molecule has 0 atom stereocenters. The zero-order valence-corrected chi connectivity index (χ0v) is 10.4. The number of aromatic nitrogens is 3. The van der Waals surface area contributed by atoms with Crippen LogP contribution in [0, 0.1) is 0 Å². The largest absolute Gasteiger partial charge is 0.383 e. The first-order valence-corrected chi connectivity index (χ1v) is 6.00. The van der Waals surface area contributed by atoms with E-state index in [-0.39, 0.29) is 4.87 Å². The molecule has 6 nitrogen and oxygen atoms in total. The Kier molecular flexibility index (Phi) is 3.20. The third-order valence-corrected chi connectivity index (χ3v) is 3.33. The van der Waals surface area contributed by atoms with Gasteiger partial charge in [0.25, 0.3) is 0 Å². The van der Waals surface area contributed by atoms with Gasteiger partial charge in [-0.3, -0.25) is 4.79 Å². The second kappa shape index (κ2) is 4.62. The zero-order valence-electron chi connectivity index (χ0n) is 8.03. The van der Waals surface area contributed by atoms with Gasteiger partial charge in [0.15, 0.2) is 0 Å². The Bertz CT molecular complexity index is 551. The summed E-state index contributed by atoms with van der Waals surface area (Å²) in [7, 11) is 0. The summed E-state index contributed by atoms with van der Waals surface area (Å²) in [6.07, 6.45) is 1.37. The monoisotopic (exact) mass is 301 g/mol. The highest BCUT2D eigenvalue weighted by molar-refractivity contribution is 9.10. The molecular formula is C8H8BrN5OS. The number of nitrogen functional groups attached to an aromatic ring is 1. The summed E-state index contributed by atoms with van der Waals surface area (Å²) >= 11 is 4.40. The van der Waals surface area contributed by atoms with Crippen molar-refractivity contribution in [3.05, 3.63) is 31.5 Å². The number of hydrogen-bond acceptors (Lipinski definition) is 6. The maximum atomic E-state index is 10.9. The number of thiazole rings is 1. The first-order chi connectivity index (χ1) is 7.66. The van der Waals surface area contributed by atoms with E-state index in [2.05, 4.69) is 36.2 Å². The Morgan fingerprint density at radius 1 is 1.56 bits per heavy atom. The topological polar surface area (TPSA) is 96.7 Å². The Hall–Kier alpha value is -1.41. The zero-order chi connectivity index (χ0) is 11.5. The average Bonchev–Trinajstić information content (AvgIpc) is 2.67. The van der Waals surface area contributed by atoms with Crippen LogP contribution < -0.4 is 15.9 Å². The summed E-state index contributed by atoms with van der Waals surface area (Å²) in [6.45, 7) is 0.480. The van der Waals surface area contributed by atoms with E-state index in [4.69, 9.17) is 5.73 Å². The van der Waals surface area contributed by atoms with Gasteiger partial charge in [0.05, 0.1) is 6.54 Å². The standard InChI is InChI=1S/C8H8BrN5OS/c9-5-6(10)12-3-13-7(5)11-1-4-2-16-8(15)14-4/h2-3H,1H2,(H,14,15)(H3,10,11,12,13). The molecule has 0 bridgehead atoms. The van der Waals surface area contributed by atoms with E-state index >= 15 is 0 Å². The van der Waals surface area contributed by atoms with Crippen molar-refractivity contribution in [1.29, 1.82) is 0 Å². The molecule has 0 radical (unpaired) electrons. The molecule has 16 heavy (non-hydrogen) atoms. The summed E-state index contributed by atoms with van der Waals surface area (Å²) in [6, 6.07) is 0. The molecule has 0 aliphatic rings. The molecule has 0 fully saturated rings. The molecule has 0 aliphatic heterocycles. The fraction of sp³-hybridized carbons (Fsp3) is 0.125. The Labute approximate surface area is 103 Å². The fourth-order valence-corrected chi connectivity index (χ4v) is 2.01. The quantitative estimate of drug-likeness (QED) is 0.791. The molecule has 4 N–H and O–H groups in total. The predicted octanol–water partition coefficient (Wildman–Crippen LogP) is 1.18. The highest BCUT2D eigenvalue weighted by atomic mass is 79.9. The minimum absolute atomic E-state index is 0.0712. The Morgan fingerprint density at radius 3 is 3.06 bits per heavy atom. The van der Waals surface area contributed by atoms with E-state index in [1.54, 1.807) is 5.38 Å². The molecule has 2 aromatic heterocycles. The summed E-state index contributed by atoms with van der Waals surface area (Å²) in [4.78, 5) is 21.4. The molecule has 0 aliphatic carbocycles. The van der Waals surface area contributed by atoms with Gasteiger partial charge in [-0.1, -0.05) is 11.3 Å². The number of anilines is 2. The lowest BCUT2D eigenvalue weighted by atomic mass is 10.4. The van der Waals surface area contributed by atoms with Crippen LogP contribution in [0.15, 0.2) is 21.0 Å². The second-order valence-corrected chi connectivity index (χ2v) is 4.58. The minimum Gasteiger partial charge on any atom is -0.383 e. The second-order valence-electron chi connectivity index (χ2n) is 2.95. The van der Waals surface area contributed by atoms with Crippen LogP contribution in [0.3, 0.4) is 0 Å². The lowest BCUT2D eigenvalue weighted by molar-refractivity contribution is 1.03. The summed E-state index contributed by atoms with van der Waals surface area (Å²) in [5.41, 5.74) is 6.40. The number of hydrogen-bond donors (Lipinski definition) is 3. The van der Waals surface area contributed by atoms with Crippen LogP contribution >= 0.6 is 27.3 Å². The predicted molar refractivity (Wildman–Crippen MR) is 66.4 cm³/mol. The lowest BCUT2D eigenvalue weighted by Gasteiger charge is -2.06. The number of halogens is 1. The SMILES string of the molecule is Nc1ncnc(NCc2csc(=O)[nH]2)c1Br. The summed E-state index contributed by atoms with van der Waals surface area (Å²) in [5.74, 6) is 0.968. The van der Waals surface area contributed by atoms with E-state index in [0.29, 0.717) is 22.7 Å². The van der Waals surface area contributed by atoms with Gasteiger partial charge in [-0.05, 0) is 15.9 Å². The molecule has 84 valence electrons. The van der Waals surface area contributed by atoms with Crippen LogP contribution in [-0.2, 0) is 6.54 Å². The van der Waals surface area contributed by atoms with Crippen molar-refractivity contribution in [1.82, 2.24) is 15.0 Å². The third-order valence-electron chi connectivity index (χ3n) is 1.83. The molecule has 2 rings (SSSR count). The van der Waals surface area contributed by atoms with Gasteiger partial charge in [0.2, 0.25) is 0 Å². The van der Waals surface area contributed by atoms with Gasteiger partial charge >= 0.3 is 4.87 Å². The smallest absolute Gasteiger partial charge is 0.304 e. The van der Waals surface area contributed by atoms with Crippen LogP contribution in [0.4, 0.5) is 11.6 Å². The molecule has 0 unspecified atom stereocenters. The van der Waals surface area contributed by atoms with E-state index in [0.717, 1.165) is 17.0 Å². The van der Waals surface area contributed by atoms with Crippen LogP contribution in [0.5, 0.6) is 0 Å². The first kappa shape index (κ1) is 11.1. The molecular weight excluding hydrogens is 294 g/mol. The Balaban J connectivity index is 2.10.